The molecule has 1 aromatic heterocycles. The highest BCUT2D eigenvalue weighted by atomic mass is 16.7. The predicted octanol–water partition coefficient (Wildman–Crippen LogP) is 0.602. The fourth-order valence-electron chi connectivity index (χ4n) is 2.79. The van der Waals surface area contributed by atoms with Crippen LogP contribution in [-0.2, 0) is 17.8 Å². The number of aliphatic hydroxyl groups is 1. The zero-order valence-corrected chi connectivity index (χ0v) is 15.5. The van der Waals surface area contributed by atoms with Crippen molar-refractivity contribution in [3.63, 3.8) is 0 Å². The summed E-state index contributed by atoms with van der Waals surface area (Å²) in [6, 6.07) is 5.25. The predicted molar refractivity (Wildman–Crippen MR) is 97.2 cm³/mol. The van der Waals surface area contributed by atoms with Crippen molar-refractivity contribution < 1.29 is 19.4 Å². The van der Waals surface area contributed by atoms with Crippen molar-refractivity contribution in [3.05, 3.63) is 34.5 Å². The number of benzene rings is 1. The van der Waals surface area contributed by atoms with Crippen LogP contribution in [0.25, 0.3) is 5.69 Å². The number of hydrogen-bond acceptors (Lipinski definition) is 6. The monoisotopic (exact) mass is 376 g/mol. The number of carbonyl (C=O) groups excluding carboxylic acids is 1. The summed E-state index contributed by atoms with van der Waals surface area (Å²) < 4.78 is 13.4. The Bertz CT molecular complexity index is 871. The van der Waals surface area contributed by atoms with E-state index in [1.54, 1.807) is 25.1 Å². The molecule has 1 aromatic carbocycles. The van der Waals surface area contributed by atoms with Gasteiger partial charge in [0.25, 0.3) is 0 Å². The highest BCUT2D eigenvalue weighted by molar-refractivity contribution is 5.75. The van der Waals surface area contributed by atoms with Crippen LogP contribution < -0.4 is 20.5 Å². The number of unbranched alkanes of at least 4 members (excludes halogenated alkanes) is 1. The topological polar surface area (TPSA) is 108 Å². The summed E-state index contributed by atoms with van der Waals surface area (Å²) in [6.07, 6.45) is 1.78. The van der Waals surface area contributed by atoms with Crippen molar-refractivity contribution in [1.29, 1.82) is 0 Å². The fraction of sp³-hybridized carbons (Fsp3) is 0.500. The molecule has 0 saturated carbocycles. The number of amides is 1. The minimum atomic E-state index is -0.656. The van der Waals surface area contributed by atoms with E-state index >= 15 is 0 Å². The van der Waals surface area contributed by atoms with E-state index in [9.17, 15) is 14.7 Å². The van der Waals surface area contributed by atoms with Crippen LogP contribution in [0.4, 0.5) is 0 Å². The minimum absolute atomic E-state index is 0.124. The number of aryl methyl sites for hydroxylation is 1. The largest absolute Gasteiger partial charge is 0.454 e. The lowest BCUT2D eigenvalue weighted by atomic mass is 10.2. The van der Waals surface area contributed by atoms with E-state index in [4.69, 9.17) is 9.47 Å². The Balaban J connectivity index is 1.91. The highest BCUT2D eigenvalue weighted by Crippen LogP contribution is 2.33. The first-order chi connectivity index (χ1) is 13.0. The van der Waals surface area contributed by atoms with Gasteiger partial charge >= 0.3 is 5.69 Å². The van der Waals surface area contributed by atoms with Gasteiger partial charge in [0.05, 0.1) is 11.8 Å². The van der Waals surface area contributed by atoms with Crippen LogP contribution in [0.15, 0.2) is 23.0 Å². The zero-order chi connectivity index (χ0) is 19.4. The SMILES string of the molecule is CCCCc1nn(CC(=O)NC[C@H](C)O)c(=O)n1-c1ccc2c(c1)OCO2. The van der Waals surface area contributed by atoms with E-state index in [0.29, 0.717) is 29.4 Å². The van der Waals surface area contributed by atoms with E-state index in [2.05, 4.69) is 17.3 Å². The van der Waals surface area contributed by atoms with Gasteiger partial charge in [0.15, 0.2) is 11.5 Å². The number of aromatic nitrogens is 3. The van der Waals surface area contributed by atoms with Crippen molar-refractivity contribution in [2.24, 2.45) is 0 Å². The van der Waals surface area contributed by atoms with Gasteiger partial charge < -0.3 is 19.9 Å². The lowest BCUT2D eigenvalue weighted by molar-refractivity contribution is -0.122. The molecule has 0 unspecified atom stereocenters. The minimum Gasteiger partial charge on any atom is -0.454 e. The van der Waals surface area contributed by atoms with Crippen molar-refractivity contribution in [3.8, 4) is 17.2 Å². The van der Waals surface area contributed by atoms with Crippen molar-refractivity contribution >= 4 is 5.91 Å². The van der Waals surface area contributed by atoms with E-state index in [0.717, 1.165) is 17.5 Å². The molecule has 146 valence electrons. The lowest BCUT2D eigenvalue weighted by Gasteiger charge is -2.06. The second-order valence-electron chi connectivity index (χ2n) is 6.49. The average molecular weight is 376 g/mol. The maximum absolute atomic E-state index is 12.9. The zero-order valence-electron chi connectivity index (χ0n) is 15.5. The van der Waals surface area contributed by atoms with E-state index < -0.39 is 11.8 Å². The number of rotatable bonds is 8. The summed E-state index contributed by atoms with van der Waals surface area (Å²) in [6.45, 7) is 3.70. The Kier molecular flexibility index (Phi) is 5.80. The van der Waals surface area contributed by atoms with Crippen LogP contribution in [0.1, 0.15) is 32.5 Å². The number of nitrogens with one attached hydrogen (secondary N) is 1. The highest BCUT2D eigenvalue weighted by Gasteiger charge is 2.20. The smallest absolute Gasteiger partial charge is 0.351 e. The first-order valence-corrected chi connectivity index (χ1v) is 9.03. The summed E-state index contributed by atoms with van der Waals surface area (Å²) in [4.78, 5) is 24.9. The summed E-state index contributed by atoms with van der Waals surface area (Å²) in [5.74, 6) is 1.41. The molecule has 0 bridgehead atoms. The number of ether oxygens (including phenoxy) is 2. The molecule has 2 aromatic rings. The third-order valence-corrected chi connectivity index (χ3v) is 4.16. The van der Waals surface area contributed by atoms with Crippen molar-refractivity contribution in [1.82, 2.24) is 19.7 Å². The molecule has 27 heavy (non-hydrogen) atoms. The molecule has 0 fully saturated rings. The molecule has 0 spiro atoms. The summed E-state index contributed by atoms with van der Waals surface area (Å²) in [7, 11) is 0. The second kappa shape index (κ2) is 8.26. The number of nitrogens with zero attached hydrogens (tertiary/aromatic N) is 3. The summed E-state index contributed by atoms with van der Waals surface area (Å²) in [5, 5.41) is 16.2. The Morgan fingerprint density at radius 1 is 1.37 bits per heavy atom. The quantitative estimate of drug-likeness (QED) is 0.699. The molecule has 1 aliphatic heterocycles. The Hall–Kier alpha value is -2.81. The third-order valence-electron chi connectivity index (χ3n) is 4.16. The van der Waals surface area contributed by atoms with E-state index in [-0.39, 0.29) is 25.8 Å². The number of aliphatic hydroxyl groups excluding tert-OH is 1. The van der Waals surface area contributed by atoms with Gasteiger partial charge in [-0.15, -0.1) is 0 Å². The molecule has 0 saturated heterocycles. The Morgan fingerprint density at radius 2 is 2.15 bits per heavy atom. The normalized spacial score (nSPS) is 13.6. The second-order valence-corrected chi connectivity index (χ2v) is 6.49. The average Bonchev–Trinajstić information content (AvgIpc) is 3.22. The molecule has 0 radical (unpaired) electrons. The van der Waals surface area contributed by atoms with Gasteiger partial charge in [-0.1, -0.05) is 13.3 Å². The van der Waals surface area contributed by atoms with Crippen LogP contribution in [0.2, 0.25) is 0 Å². The Morgan fingerprint density at radius 3 is 2.89 bits per heavy atom. The Labute approximate surface area is 156 Å². The van der Waals surface area contributed by atoms with Crippen LogP contribution in [0, 0.1) is 0 Å². The number of carbonyl (C=O) groups is 1. The van der Waals surface area contributed by atoms with Gasteiger partial charge in [0.1, 0.15) is 12.4 Å². The molecule has 3 rings (SSSR count). The van der Waals surface area contributed by atoms with Gasteiger partial charge in [-0.05, 0) is 25.5 Å². The van der Waals surface area contributed by atoms with Gasteiger partial charge in [-0.25, -0.2) is 14.0 Å². The molecule has 9 nitrogen and oxygen atoms in total. The van der Waals surface area contributed by atoms with Gasteiger partial charge in [0, 0.05) is 19.0 Å². The number of hydrogen-bond donors (Lipinski definition) is 2. The van der Waals surface area contributed by atoms with Crippen molar-refractivity contribution in [2.45, 2.75) is 45.8 Å². The maximum Gasteiger partial charge on any atom is 0.351 e. The summed E-state index contributed by atoms with van der Waals surface area (Å²) >= 11 is 0. The van der Waals surface area contributed by atoms with Crippen LogP contribution >= 0.6 is 0 Å². The molecule has 9 heteroatoms. The summed E-state index contributed by atoms with van der Waals surface area (Å²) in [5.41, 5.74) is 0.221. The molecule has 1 aliphatic rings. The first kappa shape index (κ1) is 19.0. The standard InChI is InChI=1S/C18H24N4O5/c1-3-4-5-16-20-21(10-17(24)19-9-12(2)23)18(25)22(16)13-6-7-14-15(8-13)27-11-26-14/h6-8,12,23H,3-5,9-11H2,1-2H3,(H,19,24)/t12-/m0/s1. The van der Waals surface area contributed by atoms with Gasteiger partial charge in [0.2, 0.25) is 12.7 Å². The van der Waals surface area contributed by atoms with Gasteiger partial charge in [-0.3, -0.25) is 4.79 Å². The van der Waals surface area contributed by atoms with Crippen LogP contribution in [0.3, 0.4) is 0 Å². The molecule has 2 N–H and O–H groups in total. The lowest BCUT2D eigenvalue weighted by Crippen LogP contribution is -2.36. The molecule has 1 amide bonds. The maximum atomic E-state index is 12.9. The molecule has 0 aliphatic carbocycles. The van der Waals surface area contributed by atoms with Gasteiger partial charge in [-0.2, -0.15) is 5.10 Å². The molecular weight excluding hydrogens is 352 g/mol. The molecule has 1 atom stereocenters. The van der Waals surface area contributed by atoms with Crippen LogP contribution in [0.5, 0.6) is 11.5 Å². The number of fused-ring (bicyclic) bond motifs is 1. The molecule has 2 heterocycles. The van der Waals surface area contributed by atoms with E-state index in [1.807, 2.05) is 0 Å². The van der Waals surface area contributed by atoms with Crippen molar-refractivity contribution in [2.75, 3.05) is 13.3 Å². The fourth-order valence-corrected chi connectivity index (χ4v) is 2.79. The first-order valence-electron chi connectivity index (χ1n) is 9.03. The van der Waals surface area contributed by atoms with E-state index in [1.165, 1.54) is 4.57 Å². The third kappa shape index (κ3) is 4.30. The van der Waals surface area contributed by atoms with Crippen LogP contribution in [-0.4, -0.2) is 44.8 Å². The molecular formula is C18H24N4O5.